The van der Waals surface area contributed by atoms with Crippen molar-refractivity contribution in [1.82, 2.24) is 24.5 Å². The predicted molar refractivity (Wildman–Crippen MR) is 122 cm³/mol. The first-order valence-corrected chi connectivity index (χ1v) is 11.7. The maximum atomic E-state index is 14.5. The van der Waals surface area contributed by atoms with Crippen LogP contribution in [0.4, 0.5) is 17.6 Å². The molecule has 2 atom stereocenters. The number of halogens is 4. The number of amides is 1. The van der Waals surface area contributed by atoms with Gasteiger partial charge in [0, 0.05) is 42.2 Å². The van der Waals surface area contributed by atoms with Crippen molar-refractivity contribution in [1.29, 1.82) is 0 Å². The van der Waals surface area contributed by atoms with Gasteiger partial charge in [-0.1, -0.05) is 0 Å². The second-order valence-electron chi connectivity index (χ2n) is 9.26. The number of carbonyl (C=O) groups excluding carboxylic acids is 1. The number of hydrogen-bond donors (Lipinski definition) is 0. The van der Waals surface area contributed by atoms with Crippen LogP contribution < -0.4 is 0 Å². The zero-order chi connectivity index (χ0) is 25.1. The van der Waals surface area contributed by atoms with Gasteiger partial charge in [0.15, 0.2) is 17.5 Å². The largest absolute Gasteiger partial charge is 0.327 e. The van der Waals surface area contributed by atoms with Crippen molar-refractivity contribution in [2.45, 2.75) is 37.8 Å². The van der Waals surface area contributed by atoms with Gasteiger partial charge in [-0.3, -0.25) is 9.48 Å². The molecule has 2 aromatic carbocycles. The van der Waals surface area contributed by atoms with E-state index in [1.807, 2.05) is 0 Å². The highest BCUT2D eigenvalue weighted by Crippen LogP contribution is 2.45. The molecule has 2 aliphatic rings. The van der Waals surface area contributed by atoms with E-state index in [4.69, 9.17) is 0 Å². The van der Waals surface area contributed by atoms with Crippen molar-refractivity contribution >= 4 is 5.91 Å². The fraction of sp³-hybridized carbons (Fsp3) is 0.269. The highest BCUT2D eigenvalue weighted by molar-refractivity contribution is 5.95. The van der Waals surface area contributed by atoms with Crippen LogP contribution in [-0.4, -0.2) is 36.4 Å². The fourth-order valence-corrected chi connectivity index (χ4v) is 5.60. The van der Waals surface area contributed by atoms with Gasteiger partial charge in [0.05, 0.1) is 23.1 Å². The number of aryl methyl sites for hydroxylation is 1. The van der Waals surface area contributed by atoms with Crippen LogP contribution in [0.2, 0.25) is 0 Å². The number of nitrogens with zero attached hydrogens (tertiary/aromatic N) is 5. The Balaban J connectivity index is 1.41. The Bertz CT molecular complexity index is 1470. The molecule has 4 heterocycles. The highest BCUT2D eigenvalue weighted by Gasteiger charge is 2.43. The molecule has 184 valence electrons. The molecular formula is C26H21F4N5O. The summed E-state index contributed by atoms with van der Waals surface area (Å²) in [5, 5.41) is 8.75. The minimum absolute atomic E-state index is 0.189. The van der Waals surface area contributed by atoms with Gasteiger partial charge in [0.1, 0.15) is 5.82 Å². The van der Waals surface area contributed by atoms with Crippen LogP contribution in [-0.2, 0) is 13.5 Å². The van der Waals surface area contributed by atoms with Gasteiger partial charge in [-0.2, -0.15) is 10.2 Å². The van der Waals surface area contributed by atoms with Crippen LogP contribution in [0.15, 0.2) is 48.8 Å². The van der Waals surface area contributed by atoms with Crippen molar-refractivity contribution in [2.24, 2.45) is 7.05 Å². The Labute approximate surface area is 203 Å². The van der Waals surface area contributed by atoms with E-state index in [0.717, 1.165) is 30.5 Å². The Morgan fingerprint density at radius 1 is 1.03 bits per heavy atom. The van der Waals surface area contributed by atoms with Gasteiger partial charge in [0.25, 0.3) is 5.91 Å². The molecule has 1 saturated heterocycles. The molecular weight excluding hydrogens is 474 g/mol. The van der Waals surface area contributed by atoms with E-state index >= 15 is 0 Å². The third-order valence-electron chi connectivity index (χ3n) is 7.07. The van der Waals surface area contributed by atoms with Crippen LogP contribution in [0.25, 0.3) is 16.9 Å². The van der Waals surface area contributed by atoms with Gasteiger partial charge >= 0.3 is 0 Å². The lowest BCUT2D eigenvalue weighted by atomic mass is 9.81. The molecule has 1 amide bonds. The van der Waals surface area contributed by atoms with E-state index in [9.17, 15) is 22.4 Å². The molecule has 36 heavy (non-hydrogen) atoms. The van der Waals surface area contributed by atoms with Gasteiger partial charge < -0.3 is 4.90 Å². The first-order valence-electron chi connectivity index (χ1n) is 11.7. The van der Waals surface area contributed by atoms with Gasteiger partial charge in [-0.05, 0) is 62.1 Å². The number of benzene rings is 2. The minimum atomic E-state index is -1.52. The van der Waals surface area contributed by atoms with Crippen LogP contribution in [0.3, 0.4) is 0 Å². The number of hydrogen-bond acceptors (Lipinski definition) is 3. The van der Waals surface area contributed by atoms with Crippen LogP contribution in [0, 0.1) is 23.3 Å². The highest BCUT2D eigenvalue weighted by atomic mass is 19.2. The Morgan fingerprint density at radius 2 is 1.81 bits per heavy atom. The van der Waals surface area contributed by atoms with E-state index in [1.165, 1.54) is 21.5 Å². The minimum Gasteiger partial charge on any atom is -0.327 e. The Kier molecular flexibility index (Phi) is 5.20. The van der Waals surface area contributed by atoms with Crippen molar-refractivity contribution in [3.63, 3.8) is 0 Å². The molecule has 6 rings (SSSR count). The number of aromatic nitrogens is 4. The first kappa shape index (κ1) is 22.5. The van der Waals surface area contributed by atoms with Crippen molar-refractivity contribution < 1.29 is 22.4 Å². The summed E-state index contributed by atoms with van der Waals surface area (Å²) in [4.78, 5) is 15.5. The molecule has 0 N–H and O–H groups in total. The van der Waals surface area contributed by atoms with Gasteiger partial charge in [-0.15, -0.1) is 0 Å². The fourth-order valence-electron chi connectivity index (χ4n) is 5.60. The molecule has 4 aromatic rings. The van der Waals surface area contributed by atoms with E-state index in [0.29, 0.717) is 29.9 Å². The maximum absolute atomic E-state index is 14.5. The summed E-state index contributed by atoms with van der Waals surface area (Å²) in [6.45, 7) is 0. The molecule has 2 aliphatic heterocycles. The lowest BCUT2D eigenvalue weighted by Crippen LogP contribution is -2.49. The van der Waals surface area contributed by atoms with E-state index in [2.05, 4.69) is 10.2 Å². The van der Waals surface area contributed by atoms with Crippen LogP contribution in [0.1, 0.15) is 46.9 Å². The summed E-state index contributed by atoms with van der Waals surface area (Å²) >= 11 is 0. The summed E-state index contributed by atoms with van der Waals surface area (Å²) in [7, 11) is 1.66. The van der Waals surface area contributed by atoms with E-state index < -0.39 is 23.3 Å². The summed E-state index contributed by atoms with van der Waals surface area (Å²) in [6, 6.07) is 7.21. The molecule has 0 spiro atoms. The molecule has 10 heteroatoms. The monoisotopic (exact) mass is 495 g/mol. The second-order valence-corrected chi connectivity index (χ2v) is 9.26. The molecule has 2 bridgehead atoms. The topological polar surface area (TPSA) is 56.0 Å². The molecule has 1 fully saturated rings. The number of rotatable bonds is 3. The normalized spacial score (nSPS) is 18.9. The van der Waals surface area contributed by atoms with Crippen molar-refractivity contribution in [2.75, 3.05) is 0 Å². The van der Waals surface area contributed by atoms with E-state index in [1.54, 1.807) is 36.5 Å². The zero-order valence-electron chi connectivity index (χ0n) is 19.3. The quantitative estimate of drug-likeness (QED) is 0.293. The maximum Gasteiger partial charge on any atom is 0.254 e. The SMILES string of the molecule is Cn1nc2c(c1-c1cc(F)c(F)c(F)c1)CC1CCCC2N1C(=O)c1cc(F)cc(-n2cccn2)c1. The standard InChI is InChI=1S/C26H21F4N5O/c1-33-25(14-10-20(28)23(30)21(29)11-14)19-13-17-4-2-5-22(24(19)32-33)35(17)26(36)15-8-16(27)12-18(9-15)34-7-3-6-31-34/h3,6-12,17,22H,2,4-5,13H2,1H3. The molecule has 6 nitrogen and oxygen atoms in total. The Morgan fingerprint density at radius 3 is 2.53 bits per heavy atom. The molecule has 2 aromatic heterocycles. The lowest BCUT2D eigenvalue weighted by Gasteiger charge is -2.45. The summed E-state index contributed by atoms with van der Waals surface area (Å²) < 4.78 is 59.1. The zero-order valence-corrected chi connectivity index (χ0v) is 19.3. The van der Waals surface area contributed by atoms with Gasteiger partial charge in [-0.25, -0.2) is 22.2 Å². The third-order valence-corrected chi connectivity index (χ3v) is 7.07. The second kappa shape index (κ2) is 8.32. The lowest BCUT2D eigenvalue weighted by molar-refractivity contribution is 0.0391. The van der Waals surface area contributed by atoms with Crippen molar-refractivity contribution in [3.8, 4) is 16.9 Å². The predicted octanol–water partition coefficient (Wildman–Crippen LogP) is 5.12. The summed E-state index contributed by atoms with van der Waals surface area (Å²) in [5.41, 5.74) is 2.77. The Hall–Kier alpha value is -3.95. The smallest absolute Gasteiger partial charge is 0.254 e. The average Bonchev–Trinajstić information content (AvgIpc) is 3.49. The van der Waals surface area contributed by atoms with Crippen LogP contribution >= 0.6 is 0 Å². The van der Waals surface area contributed by atoms with Gasteiger partial charge in [0.2, 0.25) is 0 Å². The number of fused-ring (bicyclic) bond motifs is 4. The third kappa shape index (κ3) is 3.51. The summed E-state index contributed by atoms with van der Waals surface area (Å²) in [6.07, 6.45) is 5.92. The molecule has 0 saturated carbocycles. The average molecular weight is 495 g/mol. The molecule has 0 radical (unpaired) electrons. The number of carbonyl (C=O) groups is 1. The van der Waals surface area contributed by atoms with E-state index in [-0.39, 0.29) is 29.1 Å². The van der Waals surface area contributed by atoms with Crippen molar-refractivity contribution in [3.05, 3.63) is 88.9 Å². The number of piperidine rings is 1. The molecule has 2 unspecified atom stereocenters. The molecule has 0 aliphatic carbocycles. The first-order chi connectivity index (χ1) is 17.3. The van der Waals surface area contributed by atoms with Crippen LogP contribution in [0.5, 0.6) is 0 Å². The summed E-state index contributed by atoms with van der Waals surface area (Å²) in [5.74, 6) is -4.92.